The zero-order valence-corrected chi connectivity index (χ0v) is 11.6. The molecule has 2 aromatic carbocycles. The van der Waals surface area contributed by atoms with Gasteiger partial charge in [-0.15, -0.1) is 0 Å². The lowest BCUT2D eigenvalue weighted by molar-refractivity contribution is -0.384. The molecule has 0 spiro atoms. The minimum absolute atomic E-state index is 0.0391. The van der Waals surface area contributed by atoms with Crippen molar-refractivity contribution in [2.24, 2.45) is 0 Å². The number of benzene rings is 2. The molecule has 7 nitrogen and oxygen atoms in total. The number of nitro groups is 1. The Hall–Kier alpha value is -3.09. The highest BCUT2D eigenvalue weighted by atomic mass is 16.6. The maximum Gasteiger partial charge on any atom is 0.269 e. The number of rotatable bonds is 5. The molecule has 2 N–H and O–H groups in total. The lowest BCUT2D eigenvalue weighted by Gasteiger charge is -2.09. The van der Waals surface area contributed by atoms with Gasteiger partial charge in [0.15, 0.2) is 6.61 Å². The van der Waals surface area contributed by atoms with Gasteiger partial charge in [0.05, 0.1) is 10.5 Å². The molecule has 0 bridgehead atoms. The summed E-state index contributed by atoms with van der Waals surface area (Å²) in [5.41, 5.74) is 0.170. The van der Waals surface area contributed by atoms with Crippen molar-refractivity contribution in [3.8, 4) is 17.2 Å². The Labute approximate surface area is 125 Å². The number of nitrogens with zero attached hydrogens (tertiary/aromatic N) is 1. The van der Waals surface area contributed by atoms with E-state index in [-0.39, 0.29) is 34.9 Å². The van der Waals surface area contributed by atoms with E-state index in [9.17, 15) is 25.1 Å². The predicted octanol–water partition coefficient (Wildman–Crippen LogP) is 2.58. The average molecular weight is 303 g/mol. The molecule has 0 atom stereocenters. The van der Waals surface area contributed by atoms with Crippen molar-refractivity contribution in [3.05, 3.63) is 57.6 Å². The molecule has 114 valence electrons. The highest BCUT2D eigenvalue weighted by molar-refractivity contribution is 6.00. The minimum Gasteiger partial charge on any atom is -0.508 e. The van der Waals surface area contributed by atoms with E-state index in [2.05, 4.69) is 0 Å². The van der Waals surface area contributed by atoms with Gasteiger partial charge in [-0.25, -0.2) is 0 Å². The van der Waals surface area contributed by atoms with Gasteiger partial charge in [0.25, 0.3) is 5.69 Å². The molecular formula is C15H13NO6. The fourth-order valence-corrected chi connectivity index (χ4v) is 1.81. The van der Waals surface area contributed by atoms with Crippen LogP contribution in [0.25, 0.3) is 0 Å². The maximum atomic E-state index is 12.0. The van der Waals surface area contributed by atoms with E-state index in [1.807, 2.05) is 0 Å². The fraction of sp³-hybridized carbons (Fsp3) is 0.133. The van der Waals surface area contributed by atoms with Gasteiger partial charge >= 0.3 is 0 Å². The van der Waals surface area contributed by atoms with Crippen molar-refractivity contribution in [1.82, 2.24) is 0 Å². The molecule has 0 unspecified atom stereocenters. The van der Waals surface area contributed by atoms with Crippen molar-refractivity contribution in [1.29, 1.82) is 0 Å². The molecular weight excluding hydrogens is 290 g/mol. The number of nitro benzene ring substituents is 1. The third-order valence-electron chi connectivity index (χ3n) is 3.12. The first kappa shape index (κ1) is 15.3. The van der Waals surface area contributed by atoms with Crippen molar-refractivity contribution >= 4 is 11.5 Å². The highest BCUT2D eigenvalue weighted by Crippen LogP contribution is 2.29. The van der Waals surface area contributed by atoms with Crippen LogP contribution in [0.4, 0.5) is 5.69 Å². The van der Waals surface area contributed by atoms with E-state index in [0.29, 0.717) is 5.75 Å². The zero-order valence-electron chi connectivity index (χ0n) is 11.6. The number of Topliss-reactive ketones (excluding diaryl/α,β-unsaturated/α-hetero) is 1. The SMILES string of the molecule is Cc1c(O)ccc(C(=O)COc2ccc([N+](=O)[O-])cc2)c1O. The number of aromatic hydroxyl groups is 2. The van der Waals surface area contributed by atoms with Crippen LogP contribution in [0.2, 0.25) is 0 Å². The quantitative estimate of drug-likeness (QED) is 0.499. The highest BCUT2D eigenvalue weighted by Gasteiger charge is 2.16. The lowest BCUT2D eigenvalue weighted by Crippen LogP contribution is -2.12. The predicted molar refractivity (Wildman–Crippen MR) is 77.4 cm³/mol. The molecule has 0 aliphatic carbocycles. The summed E-state index contributed by atoms with van der Waals surface area (Å²) in [5, 5.41) is 29.8. The van der Waals surface area contributed by atoms with Gasteiger partial charge in [-0.05, 0) is 31.2 Å². The second-order valence-corrected chi connectivity index (χ2v) is 4.57. The van der Waals surface area contributed by atoms with Gasteiger partial charge in [0.1, 0.15) is 17.2 Å². The molecule has 0 saturated heterocycles. The molecule has 0 fully saturated rings. The molecule has 0 heterocycles. The molecule has 2 rings (SSSR count). The Balaban J connectivity index is 2.07. The van der Waals surface area contributed by atoms with E-state index in [4.69, 9.17) is 4.74 Å². The average Bonchev–Trinajstić information content (AvgIpc) is 2.51. The second kappa shape index (κ2) is 6.13. The van der Waals surface area contributed by atoms with E-state index in [1.165, 1.54) is 43.3 Å². The van der Waals surface area contributed by atoms with E-state index >= 15 is 0 Å². The van der Waals surface area contributed by atoms with E-state index < -0.39 is 10.7 Å². The lowest BCUT2D eigenvalue weighted by atomic mass is 10.1. The normalized spacial score (nSPS) is 10.2. The van der Waals surface area contributed by atoms with E-state index in [1.54, 1.807) is 0 Å². The summed E-state index contributed by atoms with van der Waals surface area (Å²) in [6.07, 6.45) is 0. The van der Waals surface area contributed by atoms with Gasteiger partial charge in [-0.1, -0.05) is 0 Å². The molecule has 0 aliphatic rings. The van der Waals surface area contributed by atoms with Crippen LogP contribution >= 0.6 is 0 Å². The van der Waals surface area contributed by atoms with Gasteiger partial charge in [0, 0.05) is 17.7 Å². The Morgan fingerprint density at radius 3 is 2.41 bits per heavy atom. The van der Waals surface area contributed by atoms with Crippen LogP contribution in [-0.2, 0) is 0 Å². The molecule has 0 radical (unpaired) electrons. The van der Waals surface area contributed by atoms with Crippen molar-refractivity contribution in [2.75, 3.05) is 6.61 Å². The van der Waals surface area contributed by atoms with Crippen LogP contribution in [0.15, 0.2) is 36.4 Å². The number of ether oxygens (including phenoxy) is 1. The molecule has 0 aliphatic heterocycles. The third kappa shape index (κ3) is 3.14. The minimum atomic E-state index is -0.536. The number of phenolic OH excluding ortho intramolecular Hbond substituents is 2. The molecule has 0 aromatic heterocycles. The molecule has 0 amide bonds. The van der Waals surface area contributed by atoms with Gasteiger partial charge in [0.2, 0.25) is 5.78 Å². The molecule has 7 heteroatoms. The van der Waals surface area contributed by atoms with Crippen LogP contribution in [0.3, 0.4) is 0 Å². The monoisotopic (exact) mass is 303 g/mol. The Bertz CT molecular complexity index is 724. The van der Waals surface area contributed by atoms with Crippen LogP contribution < -0.4 is 4.74 Å². The summed E-state index contributed by atoms with van der Waals surface area (Å²) in [6, 6.07) is 7.91. The van der Waals surface area contributed by atoms with Crippen LogP contribution in [0, 0.1) is 17.0 Å². The first-order valence-corrected chi connectivity index (χ1v) is 6.32. The van der Waals surface area contributed by atoms with Crippen LogP contribution in [0.1, 0.15) is 15.9 Å². The van der Waals surface area contributed by atoms with E-state index in [0.717, 1.165) is 0 Å². The number of phenols is 2. The topological polar surface area (TPSA) is 110 Å². The Kier molecular flexibility index (Phi) is 4.26. The van der Waals surface area contributed by atoms with Gasteiger partial charge in [-0.2, -0.15) is 0 Å². The first-order valence-electron chi connectivity index (χ1n) is 6.32. The standard InChI is InChI=1S/C15H13NO6/c1-9-13(17)7-6-12(15(9)19)14(18)8-22-11-4-2-10(3-5-11)16(20)21/h2-7,17,19H,8H2,1H3. The van der Waals surface area contributed by atoms with Gasteiger partial charge < -0.3 is 14.9 Å². The Morgan fingerprint density at radius 2 is 1.82 bits per heavy atom. The third-order valence-corrected chi connectivity index (χ3v) is 3.12. The summed E-state index contributed by atoms with van der Waals surface area (Å²) in [6.45, 7) is 1.15. The number of carbonyl (C=O) groups excluding carboxylic acids is 1. The smallest absolute Gasteiger partial charge is 0.269 e. The number of ketones is 1. The summed E-state index contributed by atoms with van der Waals surface area (Å²) in [7, 11) is 0. The van der Waals surface area contributed by atoms with Crippen molar-refractivity contribution in [3.63, 3.8) is 0 Å². The van der Waals surface area contributed by atoms with Gasteiger partial charge in [-0.3, -0.25) is 14.9 Å². The Morgan fingerprint density at radius 1 is 1.18 bits per heavy atom. The summed E-state index contributed by atoms with van der Waals surface area (Å²) >= 11 is 0. The number of hydrogen-bond donors (Lipinski definition) is 2. The van der Waals surface area contributed by atoms with Crippen molar-refractivity contribution < 1.29 is 24.7 Å². The number of non-ortho nitro benzene ring substituents is 1. The summed E-state index contributed by atoms with van der Waals surface area (Å²) < 4.78 is 5.24. The van der Waals surface area contributed by atoms with Crippen molar-refractivity contribution in [2.45, 2.75) is 6.92 Å². The number of hydrogen-bond acceptors (Lipinski definition) is 6. The molecule has 22 heavy (non-hydrogen) atoms. The van der Waals surface area contributed by atoms with Crippen LogP contribution in [0.5, 0.6) is 17.2 Å². The zero-order chi connectivity index (χ0) is 16.3. The van der Waals surface area contributed by atoms with Crippen LogP contribution in [-0.4, -0.2) is 27.5 Å². The fourth-order valence-electron chi connectivity index (χ4n) is 1.81. The molecule has 2 aromatic rings. The largest absolute Gasteiger partial charge is 0.508 e. The second-order valence-electron chi connectivity index (χ2n) is 4.57. The molecule has 0 saturated carbocycles. The number of carbonyl (C=O) groups is 1. The summed E-state index contributed by atoms with van der Waals surface area (Å²) in [5.74, 6) is -0.574. The summed E-state index contributed by atoms with van der Waals surface area (Å²) in [4.78, 5) is 22.0. The first-order chi connectivity index (χ1) is 10.4. The maximum absolute atomic E-state index is 12.0.